The predicted molar refractivity (Wildman–Crippen MR) is 64.8 cm³/mol. The van der Waals surface area contributed by atoms with Gasteiger partial charge in [0.2, 0.25) is 0 Å². The first kappa shape index (κ1) is 11.4. The van der Waals surface area contributed by atoms with Crippen LogP contribution in [0, 0.1) is 5.41 Å². The molecule has 2 rings (SSSR count). The molecule has 0 aromatic rings. The number of rotatable bonds is 4. The molecule has 3 N–H and O–H groups in total. The number of hydrogen-bond donors (Lipinski definition) is 2. The zero-order valence-electron chi connectivity index (χ0n) is 10.1. The molecule has 15 heavy (non-hydrogen) atoms. The summed E-state index contributed by atoms with van der Waals surface area (Å²) in [6, 6.07) is 0. The molecule has 0 amide bonds. The van der Waals surface area contributed by atoms with Crippen LogP contribution in [0.15, 0.2) is 0 Å². The quantitative estimate of drug-likeness (QED) is 0.748. The molecule has 0 aliphatic heterocycles. The van der Waals surface area contributed by atoms with Gasteiger partial charge in [0.1, 0.15) is 0 Å². The lowest BCUT2D eigenvalue weighted by molar-refractivity contribution is 0.134. The van der Waals surface area contributed by atoms with Gasteiger partial charge in [0.25, 0.3) is 0 Å². The maximum Gasteiger partial charge on any atom is 0.0153 e. The lowest BCUT2D eigenvalue weighted by atomic mass is 9.72. The van der Waals surface area contributed by atoms with Gasteiger partial charge in [-0.25, -0.2) is 0 Å². The van der Waals surface area contributed by atoms with Crippen molar-refractivity contribution in [2.45, 2.75) is 63.8 Å². The standard InChI is InChI=1S/C13H26N2/c1-12(6-5-7-12)15-11-13(10-14)8-3-2-4-9-13/h15H,2-11,14H2,1H3. The van der Waals surface area contributed by atoms with Crippen molar-refractivity contribution >= 4 is 0 Å². The number of nitrogens with two attached hydrogens (primary N) is 1. The minimum atomic E-state index is 0.427. The average molecular weight is 210 g/mol. The smallest absolute Gasteiger partial charge is 0.0153 e. The van der Waals surface area contributed by atoms with Crippen LogP contribution in [-0.2, 0) is 0 Å². The average Bonchev–Trinajstić information content (AvgIpc) is 2.25. The highest BCUT2D eigenvalue weighted by atomic mass is 15.0. The lowest BCUT2D eigenvalue weighted by Crippen LogP contribution is -2.53. The van der Waals surface area contributed by atoms with E-state index in [1.54, 1.807) is 0 Å². The highest BCUT2D eigenvalue weighted by molar-refractivity contribution is 4.95. The second-order valence-corrected chi connectivity index (χ2v) is 6.03. The van der Waals surface area contributed by atoms with E-state index >= 15 is 0 Å². The summed E-state index contributed by atoms with van der Waals surface area (Å²) in [5.41, 5.74) is 6.86. The van der Waals surface area contributed by atoms with Crippen LogP contribution in [0.25, 0.3) is 0 Å². The van der Waals surface area contributed by atoms with Crippen LogP contribution in [0.2, 0.25) is 0 Å². The van der Waals surface area contributed by atoms with Crippen molar-refractivity contribution in [3.63, 3.8) is 0 Å². The monoisotopic (exact) mass is 210 g/mol. The van der Waals surface area contributed by atoms with Crippen molar-refractivity contribution in [2.24, 2.45) is 11.1 Å². The van der Waals surface area contributed by atoms with E-state index in [0.717, 1.165) is 13.1 Å². The van der Waals surface area contributed by atoms with E-state index in [0.29, 0.717) is 11.0 Å². The molecule has 2 aliphatic rings. The van der Waals surface area contributed by atoms with Crippen LogP contribution in [0.4, 0.5) is 0 Å². The number of nitrogens with one attached hydrogen (secondary N) is 1. The van der Waals surface area contributed by atoms with Crippen LogP contribution in [0.3, 0.4) is 0 Å². The van der Waals surface area contributed by atoms with Crippen LogP contribution >= 0.6 is 0 Å². The van der Waals surface area contributed by atoms with Gasteiger partial charge >= 0.3 is 0 Å². The Labute approximate surface area is 94.0 Å². The summed E-state index contributed by atoms with van der Waals surface area (Å²) in [5.74, 6) is 0. The van der Waals surface area contributed by atoms with Crippen molar-refractivity contribution in [1.29, 1.82) is 0 Å². The van der Waals surface area contributed by atoms with Crippen molar-refractivity contribution in [3.05, 3.63) is 0 Å². The van der Waals surface area contributed by atoms with Gasteiger partial charge in [-0.3, -0.25) is 0 Å². The SMILES string of the molecule is CC1(NCC2(CN)CCCCC2)CCC1. The van der Waals surface area contributed by atoms with Crippen LogP contribution in [0.1, 0.15) is 58.3 Å². The van der Waals surface area contributed by atoms with E-state index in [4.69, 9.17) is 5.73 Å². The first-order valence-electron chi connectivity index (χ1n) is 6.63. The molecule has 88 valence electrons. The van der Waals surface area contributed by atoms with Gasteiger partial charge in [-0.1, -0.05) is 19.3 Å². The maximum absolute atomic E-state index is 5.99. The summed E-state index contributed by atoms with van der Waals surface area (Å²) in [5, 5.41) is 3.78. The van der Waals surface area contributed by atoms with E-state index in [-0.39, 0.29) is 0 Å². The molecule has 0 unspecified atom stereocenters. The van der Waals surface area contributed by atoms with Gasteiger partial charge in [-0.15, -0.1) is 0 Å². The largest absolute Gasteiger partial charge is 0.330 e. The van der Waals surface area contributed by atoms with Gasteiger partial charge in [-0.2, -0.15) is 0 Å². The van der Waals surface area contributed by atoms with Gasteiger partial charge in [0, 0.05) is 12.1 Å². The van der Waals surface area contributed by atoms with Crippen molar-refractivity contribution in [2.75, 3.05) is 13.1 Å². The lowest BCUT2D eigenvalue weighted by Gasteiger charge is -2.44. The molecule has 0 heterocycles. The molecule has 0 radical (unpaired) electrons. The molecular formula is C13H26N2. The Morgan fingerprint density at radius 2 is 1.67 bits per heavy atom. The van der Waals surface area contributed by atoms with Crippen molar-refractivity contribution in [3.8, 4) is 0 Å². The van der Waals surface area contributed by atoms with Gasteiger partial charge < -0.3 is 11.1 Å². The Balaban J connectivity index is 1.84. The summed E-state index contributed by atoms with van der Waals surface area (Å²) in [6.07, 6.45) is 11.0. The third-order valence-corrected chi connectivity index (χ3v) is 4.69. The summed E-state index contributed by atoms with van der Waals surface area (Å²) in [6.45, 7) is 4.39. The van der Waals surface area contributed by atoms with Crippen LogP contribution < -0.4 is 11.1 Å². The zero-order valence-corrected chi connectivity index (χ0v) is 10.1. The Bertz CT molecular complexity index is 203. The van der Waals surface area contributed by atoms with Gasteiger partial charge in [-0.05, 0) is 51.0 Å². The summed E-state index contributed by atoms with van der Waals surface area (Å²) >= 11 is 0. The molecule has 0 aromatic heterocycles. The molecule has 2 saturated carbocycles. The minimum Gasteiger partial charge on any atom is -0.330 e. The fraction of sp³-hybridized carbons (Fsp3) is 1.00. The molecule has 2 nitrogen and oxygen atoms in total. The highest BCUT2D eigenvalue weighted by Crippen LogP contribution is 2.37. The second-order valence-electron chi connectivity index (χ2n) is 6.03. The third kappa shape index (κ3) is 2.54. The second kappa shape index (κ2) is 4.42. The minimum absolute atomic E-state index is 0.427. The third-order valence-electron chi connectivity index (χ3n) is 4.69. The van der Waals surface area contributed by atoms with E-state index in [2.05, 4.69) is 12.2 Å². The number of hydrogen-bond acceptors (Lipinski definition) is 2. The molecular weight excluding hydrogens is 184 g/mol. The topological polar surface area (TPSA) is 38.0 Å². The fourth-order valence-corrected chi connectivity index (χ4v) is 3.04. The zero-order chi connectivity index (χ0) is 10.8. The maximum atomic E-state index is 5.99. The summed E-state index contributed by atoms with van der Waals surface area (Å²) in [7, 11) is 0. The van der Waals surface area contributed by atoms with E-state index in [1.807, 2.05) is 0 Å². The predicted octanol–water partition coefficient (Wildman–Crippen LogP) is 2.43. The van der Waals surface area contributed by atoms with Gasteiger partial charge in [0.05, 0.1) is 0 Å². The molecule has 0 saturated heterocycles. The molecule has 2 aliphatic carbocycles. The van der Waals surface area contributed by atoms with E-state index < -0.39 is 0 Å². The first-order valence-corrected chi connectivity index (χ1v) is 6.63. The molecule has 0 aromatic carbocycles. The normalized spacial score (nSPS) is 28.4. The fourth-order valence-electron chi connectivity index (χ4n) is 3.04. The Kier molecular flexibility index (Phi) is 3.36. The molecule has 2 heteroatoms. The molecule has 2 fully saturated rings. The summed E-state index contributed by atoms with van der Waals surface area (Å²) in [4.78, 5) is 0. The van der Waals surface area contributed by atoms with Crippen LogP contribution in [0.5, 0.6) is 0 Å². The Morgan fingerprint density at radius 1 is 1.00 bits per heavy atom. The highest BCUT2D eigenvalue weighted by Gasteiger charge is 2.36. The molecule has 0 bridgehead atoms. The van der Waals surface area contributed by atoms with Crippen molar-refractivity contribution in [1.82, 2.24) is 5.32 Å². The Morgan fingerprint density at radius 3 is 2.13 bits per heavy atom. The van der Waals surface area contributed by atoms with Gasteiger partial charge in [0.15, 0.2) is 0 Å². The Hall–Kier alpha value is -0.0800. The summed E-state index contributed by atoms with van der Waals surface area (Å²) < 4.78 is 0. The van der Waals surface area contributed by atoms with E-state index in [1.165, 1.54) is 51.4 Å². The van der Waals surface area contributed by atoms with E-state index in [9.17, 15) is 0 Å². The molecule has 0 atom stereocenters. The first-order chi connectivity index (χ1) is 7.18. The van der Waals surface area contributed by atoms with Crippen molar-refractivity contribution < 1.29 is 0 Å². The van der Waals surface area contributed by atoms with Crippen LogP contribution in [-0.4, -0.2) is 18.6 Å². The molecule has 0 spiro atoms.